The molecule has 1 aromatic rings. The molecule has 15 heavy (non-hydrogen) atoms. The van der Waals surface area contributed by atoms with E-state index in [0.29, 0.717) is 12.0 Å². The summed E-state index contributed by atoms with van der Waals surface area (Å²) in [6.07, 6.45) is 1.72. The number of nitrogens with one attached hydrogen (secondary N) is 1. The van der Waals surface area contributed by atoms with Crippen LogP contribution < -0.4 is 5.32 Å². The van der Waals surface area contributed by atoms with Crippen molar-refractivity contribution in [1.29, 1.82) is 0 Å². The molecule has 2 rings (SSSR count). The molecular weight excluding hydrogens is 196 g/mol. The van der Waals surface area contributed by atoms with Gasteiger partial charge in [0.05, 0.1) is 0 Å². The molecule has 1 fully saturated rings. The van der Waals surface area contributed by atoms with Gasteiger partial charge in [0.1, 0.15) is 11.6 Å². The quantitative estimate of drug-likeness (QED) is 0.810. The predicted molar refractivity (Wildman–Crippen MR) is 55.7 cm³/mol. The molecule has 0 radical (unpaired) electrons. The number of benzene rings is 1. The van der Waals surface area contributed by atoms with E-state index in [4.69, 9.17) is 0 Å². The molecule has 0 aliphatic carbocycles. The van der Waals surface area contributed by atoms with Crippen LogP contribution >= 0.6 is 0 Å². The van der Waals surface area contributed by atoms with Crippen LogP contribution in [0, 0.1) is 17.0 Å². The zero-order valence-corrected chi connectivity index (χ0v) is 8.82. The van der Waals surface area contributed by atoms with Crippen molar-refractivity contribution in [1.82, 2.24) is 5.32 Å². The summed E-state index contributed by atoms with van der Waals surface area (Å²) in [5, 5.41) is 3.21. The van der Waals surface area contributed by atoms with Gasteiger partial charge in [-0.15, -0.1) is 0 Å². The maximum atomic E-state index is 13.4. The van der Waals surface area contributed by atoms with E-state index in [1.807, 2.05) is 0 Å². The molecule has 1 aromatic carbocycles. The molecule has 0 spiro atoms. The largest absolute Gasteiger partial charge is 0.316 e. The van der Waals surface area contributed by atoms with Crippen LogP contribution in [0.25, 0.3) is 0 Å². The topological polar surface area (TPSA) is 12.0 Å². The van der Waals surface area contributed by atoms with E-state index in [0.717, 1.165) is 25.6 Å². The molecule has 1 saturated heterocycles. The smallest absolute Gasteiger partial charge is 0.129 e. The van der Waals surface area contributed by atoms with E-state index in [1.165, 1.54) is 6.07 Å². The summed E-state index contributed by atoms with van der Waals surface area (Å²) < 4.78 is 26.1. The zero-order chi connectivity index (χ0) is 10.9. The van der Waals surface area contributed by atoms with Crippen LogP contribution in [0.2, 0.25) is 0 Å². The van der Waals surface area contributed by atoms with Crippen LogP contribution in [0.3, 0.4) is 0 Å². The lowest BCUT2D eigenvalue weighted by molar-refractivity contribution is 0.158. The Kier molecular flexibility index (Phi) is 2.74. The van der Waals surface area contributed by atoms with Gasteiger partial charge < -0.3 is 5.32 Å². The molecule has 0 bridgehead atoms. The molecule has 3 heteroatoms. The SMILES string of the molecule is CCC1(Cc2ccc(F)cc2F)CNC1. The first kappa shape index (κ1) is 10.6. The normalized spacial score (nSPS) is 18.6. The summed E-state index contributed by atoms with van der Waals surface area (Å²) in [5.74, 6) is -0.928. The van der Waals surface area contributed by atoms with Crippen LogP contribution in [-0.4, -0.2) is 13.1 Å². The van der Waals surface area contributed by atoms with Crippen molar-refractivity contribution in [3.05, 3.63) is 35.4 Å². The number of hydrogen-bond acceptors (Lipinski definition) is 1. The van der Waals surface area contributed by atoms with Crippen LogP contribution in [0.5, 0.6) is 0 Å². The minimum Gasteiger partial charge on any atom is -0.316 e. The van der Waals surface area contributed by atoms with E-state index >= 15 is 0 Å². The fourth-order valence-electron chi connectivity index (χ4n) is 2.05. The van der Waals surface area contributed by atoms with Crippen molar-refractivity contribution in [2.45, 2.75) is 19.8 Å². The van der Waals surface area contributed by atoms with E-state index in [1.54, 1.807) is 6.07 Å². The fraction of sp³-hybridized carbons (Fsp3) is 0.500. The van der Waals surface area contributed by atoms with Gasteiger partial charge in [-0.2, -0.15) is 0 Å². The van der Waals surface area contributed by atoms with Crippen molar-refractivity contribution < 1.29 is 8.78 Å². The summed E-state index contributed by atoms with van der Waals surface area (Å²) in [5.41, 5.74) is 0.804. The Bertz CT molecular complexity index is 353. The molecule has 82 valence electrons. The Hall–Kier alpha value is -0.960. The first-order valence-electron chi connectivity index (χ1n) is 5.30. The molecule has 0 unspecified atom stereocenters. The Morgan fingerprint density at radius 3 is 2.53 bits per heavy atom. The first-order valence-corrected chi connectivity index (χ1v) is 5.30. The second-order valence-electron chi connectivity index (χ2n) is 4.37. The van der Waals surface area contributed by atoms with Crippen molar-refractivity contribution >= 4 is 0 Å². The minimum absolute atomic E-state index is 0.179. The number of halogens is 2. The van der Waals surface area contributed by atoms with Gasteiger partial charge in [-0.25, -0.2) is 8.78 Å². The van der Waals surface area contributed by atoms with Crippen molar-refractivity contribution in [2.24, 2.45) is 5.41 Å². The molecule has 0 aromatic heterocycles. The average Bonchev–Trinajstić information content (AvgIpc) is 2.14. The highest BCUT2D eigenvalue weighted by Gasteiger charge is 2.35. The van der Waals surface area contributed by atoms with Gasteiger partial charge in [-0.05, 0) is 29.9 Å². The van der Waals surface area contributed by atoms with E-state index in [9.17, 15) is 8.78 Å². The van der Waals surface area contributed by atoms with Gasteiger partial charge in [0, 0.05) is 19.2 Å². The fourth-order valence-corrected chi connectivity index (χ4v) is 2.05. The second-order valence-corrected chi connectivity index (χ2v) is 4.37. The van der Waals surface area contributed by atoms with Gasteiger partial charge in [0.25, 0.3) is 0 Å². The lowest BCUT2D eigenvalue weighted by Gasteiger charge is -2.42. The number of rotatable bonds is 3. The van der Waals surface area contributed by atoms with Crippen LogP contribution in [-0.2, 0) is 6.42 Å². The Balaban J connectivity index is 2.16. The van der Waals surface area contributed by atoms with Crippen LogP contribution in [0.4, 0.5) is 8.78 Å². The van der Waals surface area contributed by atoms with Gasteiger partial charge in [-0.1, -0.05) is 13.0 Å². The Morgan fingerprint density at radius 1 is 1.33 bits per heavy atom. The highest BCUT2D eigenvalue weighted by atomic mass is 19.1. The summed E-state index contributed by atoms with van der Waals surface area (Å²) in [7, 11) is 0. The number of hydrogen-bond donors (Lipinski definition) is 1. The third-order valence-electron chi connectivity index (χ3n) is 3.33. The molecule has 1 heterocycles. The highest BCUT2D eigenvalue weighted by molar-refractivity contribution is 5.21. The Morgan fingerprint density at radius 2 is 2.07 bits per heavy atom. The average molecular weight is 211 g/mol. The lowest BCUT2D eigenvalue weighted by atomic mass is 9.74. The molecule has 0 atom stereocenters. The van der Waals surface area contributed by atoms with Gasteiger partial charge in [-0.3, -0.25) is 0 Å². The summed E-state index contributed by atoms with van der Waals surface area (Å²) in [4.78, 5) is 0. The zero-order valence-electron chi connectivity index (χ0n) is 8.82. The Labute approximate surface area is 88.5 Å². The summed E-state index contributed by atoms with van der Waals surface area (Å²) in [6.45, 7) is 3.98. The standard InChI is InChI=1S/C12H15F2N/c1-2-12(7-15-8-12)6-9-3-4-10(13)5-11(9)14/h3-5,15H,2,6-8H2,1H3. The summed E-state index contributed by atoms with van der Waals surface area (Å²) >= 11 is 0. The molecule has 0 saturated carbocycles. The van der Waals surface area contributed by atoms with Crippen molar-refractivity contribution in [3.63, 3.8) is 0 Å². The first-order chi connectivity index (χ1) is 7.15. The molecule has 1 aliphatic rings. The predicted octanol–water partition coefficient (Wildman–Crippen LogP) is 2.51. The summed E-state index contributed by atoms with van der Waals surface area (Å²) in [6, 6.07) is 3.85. The second kappa shape index (κ2) is 3.89. The van der Waals surface area contributed by atoms with Gasteiger partial charge >= 0.3 is 0 Å². The third-order valence-corrected chi connectivity index (χ3v) is 3.33. The highest BCUT2D eigenvalue weighted by Crippen LogP contribution is 2.32. The molecular formula is C12H15F2N. The van der Waals surface area contributed by atoms with Crippen LogP contribution in [0.15, 0.2) is 18.2 Å². The van der Waals surface area contributed by atoms with Gasteiger partial charge in [0.15, 0.2) is 0 Å². The van der Waals surface area contributed by atoms with E-state index in [2.05, 4.69) is 12.2 Å². The molecule has 1 aliphatic heterocycles. The van der Waals surface area contributed by atoms with E-state index < -0.39 is 11.6 Å². The van der Waals surface area contributed by atoms with E-state index in [-0.39, 0.29) is 5.41 Å². The molecule has 1 N–H and O–H groups in total. The minimum atomic E-state index is -0.506. The molecule has 1 nitrogen and oxygen atoms in total. The lowest BCUT2D eigenvalue weighted by Crippen LogP contribution is -2.54. The molecule has 0 amide bonds. The third kappa shape index (κ3) is 2.02. The van der Waals surface area contributed by atoms with Gasteiger partial charge in [0.2, 0.25) is 0 Å². The maximum absolute atomic E-state index is 13.4. The maximum Gasteiger partial charge on any atom is 0.129 e. The van der Waals surface area contributed by atoms with Crippen molar-refractivity contribution in [3.8, 4) is 0 Å². The van der Waals surface area contributed by atoms with Crippen molar-refractivity contribution in [2.75, 3.05) is 13.1 Å². The monoisotopic (exact) mass is 211 g/mol. The van der Waals surface area contributed by atoms with Crippen LogP contribution in [0.1, 0.15) is 18.9 Å².